The fourth-order valence-corrected chi connectivity index (χ4v) is 4.83. The van der Waals surface area contributed by atoms with Gasteiger partial charge in [-0.15, -0.1) is 0 Å². The standard InChI is InChI=1S/C28H27N7O4/c1-16-10-19(4-7-24(16)39-20-5-6-23-22(11-20)30-15-33(23)3)32-27-25-21(8-9-35(25)31-14-29-27)18-12-34(13-18)28(38)26(37)17(2)36/h4-11,14-15,18,36-37H,12-13H2,1-3H3,(H,29,31,32)/b26-17+. The number of likely N-dealkylation sites (tertiary alicyclic amines) is 1. The van der Waals surface area contributed by atoms with Gasteiger partial charge in [-0.3, -0.25) is 4.79 Å². The largest absolute Gasteiger partial charge is 0.509 e. The summed E-state index contributed by atoms with van der Waals surface area (Å²) in [5.41, 5.74) is 5.50. The number of carbonyl (C=O) groups excluding carboxylic acids is 1. The molecule has 0 saturated carbocycles. The number of rotatable bonds is 6. The highest BCUT2D eigenvalue weighted by molar-refractivity contribution is 5.92. The van der Waals surface area contributed by atoms with Gasteiger partial charge in [-0.05, 0) is 61.4 Å². The average Bonchev–Trinajstić information content (AvgIpc) is 3.48. The Morgan fingerprint density at radius 3 is 2.69 bits per heavy atom. The summed E-state index contributed by atoms with van der Waals surface area (Å²) in [7, 11) is 1.96. The third kappa shape index (κ3) is 4.37. The summed E-state index contributed by atoms with van der Waals surface area (Å²) in [4.78, 5) is 22.7. The van der Waals surface area contributed by atoms with Crippen molar-refractivity contribution in [3.05, 3.63) is 84.0 Å². The van der Waals surface area contributed by atoms with Crippen LogP contribution in [-0.2, 0) is 11.8 Å². The molecule has 1 aliphatic rings. The molecule has 39 heavy (non-hydrogen) atoms. The Morgan fingerprint density at radius 2 is 1.92 bits per heavy atom. The van der Waals surface area contributed by atoms with Crippen molar-refractivity contribution in [1.82, 2.24) is 29.0 Å². The van der Waals surface area contributed by atoms with E-state index < -0.39 is 17.4 Å². The number of nitrogens with one attached hydrogen (secondary N) is 1. The van der Waals surface area contributed by atoms with Crippen LogP contribution in [0.5, 0.6) is 11.5 Å². The van der Waals surface area contributed by atoms with E-state index in [0.717, 1.165) is 39.1 Å². The van der Waals surface area contributed by atoms with Gasteiger partial charge >= 0.3 is 0 Å². The molecule has 2 aromatic carbocycles. The number of amides is 1. The first-order chi connectivity index (χ1) is 18.8. The fraction of sp³-hybridized carbons (Fsp3) is 0.214. The highest BCUT2D eigenvalue weighted by atomic mass is 16.5. The van der Waals surface area contributed by atoms with E-state index in [1.165, 1.54) is 18.2 Å². The van der Waals surface area contributed by atoms with E-state index in [1.54, 1.807) is 10.8 Å². The predicted octanol–water partition coefficient (Wildman–Crippen LogP) is 4.73. The average molecular weight is 526 g/mol. The van der Waals surface area contributed by atoms with Crippen LogP contribution >= 0.6 is 0 Å². The van der Waals surface area contributed by atoms with Crippen molar-refractivity contribution in [3.63, 3.8) is 0 Å². The molecular weight excluding hydrogens is 498 g/mol. The van der Waals surface area contributed by atoms with Gasteiger partial charge in [0.15, 0.2) is 5.82 Å². The number of hydrogen-bond donors (Lipinski definition) is 3. The molecule has 4 heterocycles. The van der Waals surface area contributed by atoms with Gasteiger partial charge in [0.1, 0.15) is 29.1 Å². The van der Waals surface area contributed by atoms with Crippen molar-refractivity contribution < 1.29 is 19.7 Å². The second-order valence-electron chi connectivity index (χ2n) is 9.73. The zero-order valence-corrected chi connectivity index (χ0v) is 21.7. The molecular formula is C28H27N7O4. The number of anilines is 2. The monoisotopic (exact) mass is 525 g/mol. The van der Waals surface area contributed by atoms with Gasteiger partial charge in [0, 0.05) is 44.0 Å². The smallest absolute Gasteiger partial charge is 0.292 e. The number of ether oxygens (including phenoxy) is 1. The summed E-state index contributed by atoms with van der Waals surface area (Å²) in [6.45, 7) is 4.09. The number of allylic oxidation sites excluding steroid dienone is 1. The maximum Gasteiger partial charge on any atom is 0.292 e. The lowest BCUT2D eigenvalue weighted by Crippen LogP contribution is -2.49. The topological polar surface area (TPSA) is 130 Å². The second kappa shape index (κ2) is 9.35. The molecule has 3 aromatic heterocycles. The molecule has 0 bridgehead atoms. The Balaban J connectivity index is 1.21. The van der Waals surface area contributed by atoms with Gasteiger partial charge in [0.2, 0.25) is 5.76 Å². The number of hydrogen-bond acceptors (Lipinski definition) is 8. The number of aryl methyl sites for hydroxylation is 2. The minimum absolute atomic E-state index is 0.0475. The molecule has 0 radical (unpaired) electrons. The molecule has 1 amide bonds. The Labute approximate surface area is 223 Å². The van der Waals surface area contributed by atoms with E-state index >= 15 is 0 Å². The number of aliphatic hydroxyl groups is 2. The first-order valence-electron chi connectivity index (χ1n) is 12.5. The van der Waals surface area contributed by atoms with Gasteiger partial charge in [-0.2, -0.15) is 5.10 Å². The van der Waals surface area contributed by atoms with Crippen molar-refractivity contribution >= 4 is 34.0 Å². The lowest BCUT2D eigenvalue weighted by Gasteiger charge is -2.39. The van der Waals surface area contributed by atoms with E-state index in [1.807, 2.05) is 67.2 Å². The number of nitrogens with zero attached hydrogens (tertiary/aromatic N) is 6. The van der Waals surface area contributed by atoms with E-state index in [4.69, 9.17) is 4.74 Å². The lowest BCUT2D eigenvalue weighted by molar-refractivity contribution is -0.134. The first-order valence-corrected chi connectivity index (χ1v) is 12.5. The molecule has 0 unspecified atom stereocenters. The molecule has 0 spiro atoms. The quantitative estimate of drug-likeness (QED) is 0.214. The van der Waals surface area contributed by atoms with Gasteiger partial charge in [0.05, 0.1) is 17.4 Å². The molecule has 1 aliphatic heterocycles. The zero-order valence-electron chi connectivity index (χ0n) is 21.7. The van der Waals surface area contributed by atoms with E-state index in [2.05, 4.69) is 20.4 Å². The van der Waals surface area contributed by atoms with Crippen molar-refractivity contribution in [1.29, 1.82) is 0 Å². The molecule has 1 fully saturated rings. The third-order valence-corrected chi connectivity index (χ3v) is 7.00. The van der Waals surface area contributed by atoms with Gasteiger partial charge in [-0.25, -0.2) is 14.5 Å². The molecule has 198 valence electrons. The Hall–Kier alpha value is -5.06. The molecule has 0 aliphatic carbocycles. The van der Waals surface area contributed by atoms with E-state index in [0.29, 0.717) is 24.7 Å². The summed E-state index contributed by atoms with van der Waals surface area (Å²) in [5, 5.41) is 26.9. The number of fused-ring (bicyclic) bond motifs is 2. The number of carbonyl (C=O) groups is 1. The fourth-order valence-electron chi connectivity index (χ4n) is 4.83. The van der Waals surface area contributed by atoms with Gasteiger partial charge in [0.25, 0.3) is 5.91 Å². The summed E-state index contributed by atoms with van der Waals surface area (Å²) < 4.78 is 9.86. The van der Waals surface area contributed by atoms with Crippen molar-refractivity contribution in [2.75, 3.05) is 18.4 Å². The van der Waals surface area contributed by atoms with Gasteiger partial charge < -0.3 is 29.7 Å². The van der Waals surface area contributed by atoms with Crippen LogP contribution < -0.4 is 10.1 Å². The minimum Gasteiger partial charge on any atom is -0.509 e. The van der Waals surface area contributed by atoms with Crippen LogP contribution in [0.2, 0.25) is 0 Å². The number of benzene rings is 2. The maximum atomic E-state index is 12.3. The molecule has 11 nitrogen and oxygen atoms in total. The minimum atomic E-state index is -0.624. The molecule has 5 aromatic rings. The molecule has 3 N–H and O–H groups in total. The van der Waals surface area contributed by atoms with Crippen LogP contribution in [0.3, 0.4) is 0 Å². The summed E-state index contributed by atoms with van der Waals surface area (Å²) in [5.74, 6) is 0.540. The van der Waals surface area contributed by atoms with Crippen LogP contribution in [0.4, 0.5) is 11.5 Å². The Bertz CT molecular complexity index is 1760. The van der Waals surface area contributed by atoms with Crippen LogP contribution in [0.15, 0.2) is 72.8 Å². The number of imidazole rings is 1. The molecule has 11 heteroatoms. The third-order valence-electron chi connectivity index (χ3n) is 7.00. The summed E-state index contributed by atoms with van der Waals surface area (Å²) >= 11 is 0. The Morgan fingerprint density at radius 1 is 1.10 bits per heavy atom. The second-order valence-corrected chi connectivity index (χ2v) is 9.73. The van der Waals surface area contributed by atoms with Crippen LogP contribution in [-0.4, -0.2) is 58.3 Å². The predicted molar refractivity (Wildman–Crippen MR) is 146 cm³/mol. The maximum absolute atomic E-state index is 12.3. The summed E-state index contributed by atoms with van der Waals surface area (Å²) in [6.07, 6.45) is 5.13. The normalized spacial score (nSPS) is 14.4. The van der Waals surface area contributed by atoms with Gasteiger partial charge in [-0.1, -0.05) is 0 Å². The summed E-state index contributed by atoms with van der Waals surface area (Å²) in [6, 6.07) is 13.6. The van der Waals surface area contributed by atoms with Crippen molar-refractivity contribution in [3.8, 4) is 11.5 Å². The van der Waals surface area contributed by atoms with Crippen molar-refractivity contribution in [2.45, 2.75) is 19.8 Å². The van der Waals surface area contributed by atoms with Crippen molar-refractivity contribution in [2.24, 2.45) is 7.05 Å². The van der Waals surface area contributed by atoms with Crippen LogP contribution in [0, 0.1) is 6.92 Å². The SMILES string of the molecule is C/C(O)=C(\O)C(=O)N1CC(c2ccn3ncnc(Nc4ccc(Oc5ccc6c(c5)ncn6C)c(C)c4)c23)C1. The van der Waals surface area contributed by atoms with E-state index in [9.17, 15) is 15.0 Å². The zero-order chi connectivity index (χ0) is 27.3. The molecule has 1 saturated heterocycles. The van der Waals surface area contributed by atoms with Crippen LogP contribution in [0.1, 0.15) is 24.0 Å². The molecule has 6 rings (SSSR count). The number of aliphatic hydroxyl groups excluding tert-OH is 2. The lowest BCUT2D eigenvalue weighted by atomic mass is 9.92. The first kappa shape index (κ1) is 24.3. The van der Waals surface area contributed by atoms with E-state index in [-0.39, 0.29) is 5.92 Å². The van der Waals surface area contributed by atoms with Crippen LogP contribution in [0.25, 0.3) is 16.6 Å². The highest BCUT2D eigenvalue weighted by Crippen LogP contribution is 2.35. The Kier molecular flexibility index (Phi) is 5.82. The molecule has 0 atom stereocenters. The highest BCUT2D eigenvalue weighted by Gasteiger charge is 2.35. The number of aromatic nitrogens is 5.